The van der Waals surface area contributed by atoms with E-state index in [1.807, 2.05) is 0 Å². The summed E-state index contributed by atoms with van der Waals surface area (Å²) in [6, 6.07) is 7.25. The van der Waals surface area contributed by atoms with Gasteiger partial charge in [-0.1, -0.05) is 12.1 Å². The minimum Gasteiger partial charge on any atom is -0.297 e. The number of hydrogen-bond donors (Lipinski definition) is 0. The zero-order valence-electron chi connectivity index (χ0n) is 8.14. The minimum absolute atomic E-state index is 0.0257. The SMILES string of the molecule is O=Cc1cc(C(=O)c2ccccc2F)cs1. The van der Waals surface area contributed by atoms with Gasteiger partial charge in [0.05, 0.1) is 10.4 Å². The molecule has 0 unspecified atom stereocenters. The van der Waals surface area contributed by atoms with Crippen molar-refractivity contribution < 1.29 is 14.0 Å². The lowest BCUT2D eigenvalue weighted by Gasteiger charge is -1.99. The van der Waals surface area contributed by atoms with Gasteiger partial charge in [-0.15, -0.1) is 11.3 Å². The Morgan fingerprint density at radius 2 is 2.06 bits per heavy atom. The summed E-state index contributed by atoms with van der Waals surface area (Å²) in [7, 11) is 0. The molecule has 0 amide bonds. The molecule has 1 heterocycles. The minimum atomic E-state index is -0.550. The summed E-state index contributed by atoms with van der Waals surface area (Å²) in [5, 5.41) is 1.55. The molecule has 0 atom stereocenters. The Labute approximate surface area is 95.3 Å². The number of thiophene rings is 1. The molecule has 80 valence electrons. The van der Waals surface area contributed by atoms with Gasteiger partial charge in [0.15, 0.2) is 12.1 Å². The average molecular weight is 234 g/mol. The van der Waals surface area contributed by atoms with Crippen molar-refractivity contribution >= 4 is 23.4 Å². The Morgan fingerprint density at radius 3 is 2.69 bits per heavy atom. The zero-order chi connectivity index (χ0) is 11.5. The standard InChI is InChI=1S/C12H7FO2S/c13-11-4-2-1-3-10(11)12(15)8-5-9(6-14)16-7-8/h1-7H. The van der Waals surface area contributed by atoms with Crippen LogP contribution in [-0.2, 0) is 0 Å². The summed E-state index contributed by atoms with van der Waals surface area (Å²) in [5.74, 6) is -0.950. The number of aldehydes is 1. The highest BCUT2D eigenvalue weighted by molar-refractivity contribution is 7.12. The Morgan fingerprint density at radius 1 is 1.31 bits per heavy atom. The molecule has 0 fully saturated rings. The molecule has 2 rings (SSSR count). The maximum absolute atomic E-state index is 13.3. The van der Waals surface area contributed by atoms with Gasteiger partial charge >= 0.3 is 0 Å². The second-order valence-electron chi connectivity index (χ2n) is 3.16. The van der Waals surface area contributed by atoms with E-state index in [4.69, 9.17) is 0 Å². The van der Waals surface area contributed by atoms with Gasteiger partial charge in [-0.3, -0.25) is 9.59 Å². The largest absolute Gasteiger partial charge is 0.297 e. The highest BCUT2D eigenvalue weighted by atomic mass is 32.1. The third-order valence-electron chi connectivity index (χ3n) is 2.12. The number of carbonyl (C=O) groups is 2. The molecule has 16 heavy (non-hydrogen) atoms. The lowest BCUT2D eigenvalue weighted by Crippen LogP contribution is -2.02. The lowest BCUT2D eigenvalue weighted by atomic mass is 10.1. The first kappa shape index (κ1) is 10.7. The molecule has 0 radical (unpaired) electrons. The fourth-order valence-corrected chi connectivity index (χ4v) is 2.02. The molecular formula is C12H7FO2S. The van der Waals surface area contributed by atoms with Crippen LogP contribution in [0.1, 0.15) is 25.6 Å². The van der Waals surface area contributed by atoms with Gasteiger partial charge in [-0.25, -0.2) is 4.39 Å². The van der Waals surface area contributed by atoms with E-state index in [-0.39, 0.29) is 5.56 Å². The van der Waals surface area contributed by atoms with Crippen molar-refractivity contribution in [3.8, 4) is 0 Å². The van der Waals surface area contributed by atoms with Crippen LogP contribution in [0.3, 0.4) is 0 Å². The molecule has 0 aliphatic carbocycles. The summed E-state index contributed by atoms with van der Waals surface area (Å²) >= 11 is 1.17. The molecule has 4 heteroatoms. The van der Waals surface area contributed by atoms with E-state index >= 15 is 0 Å². The first-order chi connectivity index (χ1) is 7.72. The van der Waals surface area contributed by atoms with Gasteiger partial charge in [0.25, 0.3) is 0 Å². The molecule has 1 aromatic carbocycles. The van der Waals surface area contributed by atoms with Crippen LogP contribution in [0, 0.1) is 5.82 Å². The lowest BCUT2D eigenvalue weighted by molar-refractivity contribution is 0.103. The van der Waals surface area contributed by atoms with E-state index in [1.54, 1.807) is 11.4 Å². The van der Waals surface area contributed by atoms with Crippen LogP contribution in [0.25, 0.3) is 0 Å². The molecule has 0 aliphatic heterocycles. The fraction of sp³-hybridized carbons (Fsp3) is 0. The fourth-order valence-electron chi connectivity index (χ4n) is 1.33. The van der Waals surface area contributed by atoms with Gasteiger partial charge in [0.1, 0.15) is 5.82 Å². The molecule has 0 bridgehead atoms. The van der Waals surface area contributed by atoms with Gasteiger partial charge in [-0.05, 0) is 18.2 Å². The zero-order valence-corrected chi connectivity index (χ0v) is 8.96. The topological polar surface area (TPSA) is 34.1 Å². The number of hydrogen-bond acceptors (Lipinski definition) is 3. The number of halogens is 1. The maximum atomic E-state index is 13.3. The van der Waals surface area contributed by atoms with E-state index in [1.165, 1.54) is 35.6 Å². The van der Waals surface area contributed by atoms with Crippen molar-refractivity contribution in [3.05, 3.63) is 57.5 Å². The third-order valence-corrected chi connectivity index (χ3v) is 2.97. The van der Waals surface area contributed by atoms with Crippen LogP contribution in [0.2, 0.25) is 0 Å². The molecule has 0 N–H and O–H groups in total. The van der Waals surface area contributed by atoms with E-state index in [0.717, 1.165) is 0 Å². The van der Waals surface area contributed by atoms with Crippen LogP contribution in [0.4, 0.5) is 4.39 Å². The van der Waals surface area contributed by atoms with Crippen LogP contribution in [0.15, 0.2) is 35.7 Å². The molecule has 0 aliphatic rings. The average Bonchev–Trinajstić information content (AvgIpc) is 2.77. The van der Waals surface area contributed by atoms with Crippen molar-refractivity contribution in [2.75, 3.05) is 0 Å². The predicted octanol–water partition coefficient (Wildman–Crippen LogP) is 2.93. The molecule has 0 spiro atoms. The summed E-state index contributed by atoms with van der Waals surface area (Å²) in [6.07, 6.45) is 0.669. The second kappa shape index (κ2) is 4.37. The molecule has 2 aromatic rings. The summed E-state index contributed by atoms with van der Waals surface area (Å²) < 4.78 is 13.3. The number of benzene rings is 1. The van der Waals surface area contributed by atoms with Crippen LogP contribution >= 0.6 is 11.3 Å². The van der Waals surface area contributed by atoms with Crippen molar-refractivity contribution in [1.82, 2.24) is 0 Å². The van der Waals surface area contributed by atoms with Crippen LogP contribution in [0.5, 0.6) is 0 Å². The molecular weight excluding hydrogens is 227 g/mol. The van der Waals surface area contributed by atoms with Gasteiger partial charge in [-0.2, -0.15) is 0 Å². The molecule has 0 saturated carbocycles. The van der Waals surface area contributed by atoms with Crippen molar-refractivity contribution in [3.63, 3.8) is 0 Å². The smallest absolute Gasteiger partial charge is 0.196 e. The molecule has 2 nitrogen and oxygen atoms in total. The first-order valence-electron chi connectivity index (χ1n) is 4.55. The first-order valence-corrected chi connectivity index (χ1v) is 5.43. The third kappa shape index (κ3) is 1.92. The summed E-state index contributed by atoms with van der Waals surface area (Å²) in [5.41, 5.74) is 0.370. The Balaban J connectivity index is 2.39. The summed E-state index contributed by atoms with van der Waals surface area (Å²) in [6.45, 7) is 0. The Hall–Kier alpha value is -1.81. The predicted molar refractivity (Wildman–Crippen MR) is 59.5 cm³/mol. The van der Waals surface area contributed by atoms with Gasteiger partial charge in [0.2, 0.25) is 0 Å². The Bertz CT molecular complexity index is 545. The van der Waals surface area contributed by atoms with Crippen LogP contribution in [-0.4, -0.2) is 12.1 Å². The van der Waals surface area contributed by atoms with Crippen molar-refractivity contribution in [2.24, 2.45) is 0 Å². The van der Waals surface area contributed by atoms with Gasteiger partial charge in [0, 0.05) is 10.9 Å². The highest BCUT2D eigenvalue weighted by Gasteiger charge is 2.14. The monoisotopic (exact) mass is 234 g/mol. The number of carbonyl (C=O) groups excluding carboxylic acids is 2. The van der Waals surface area contributed by atoms with E-state index in [9.17, 15) is 14.0 Å². The van der Waals surface area contributed by atoms with E-state index in [2.05, 4.69) is 0 Å². The normalized spacial score (nSPS) is 10.1. The van der Waals surface area contributed by atoms with Gasteiger partial charge < -0.3 is 0 Å². The molecule has 1 aromatic heterocycles. The van der Waals surface area contributed by atoms with E-state index in [0.29, 0.717) is 16.7 Å². The second-order valence-corrected chi connectivity index (χ2v) is 4.11. The number of ketones is 1. The highest BCUT2D eigenvalue weighted by Crippen LogP contribution is 2.18. The Kier molecular flexibility index (Phi) is 2.92. The van der Waals surface area contributed by atoms with Crippen molar-refractivity contribution in [1.29, 1.82) is 0 Å². The quantitative estimate of drug-likeness (QED) is 0.604. The molecule has 0 saturated heterocycles. The number of rotatable bonds is 3. The van der Waals surface area contributed by atoms with Crippen LogP contribution < -0.4 is 0 Å². The summed E-state index contributed by atoms with van der Waals surface area (Å²) in [4.78, 5) is 22.8. The maximum Gasteiger partial charge on any atom is 0.196 e. The van der Waals surface area contributed by atoms with E-state index < -0.39 is 11.6 Å². The van der Waals surface area contributed by atoms with Crippen molar-refractivity contribution in [2.45, 2.75) is 0 Å².